The molecule has 5 rings (SSSR count). The highest BCUT2D eigenvalue weighted by molar-refractivity contribution is 7.09. The highest BCUT2D eigenvalue weighted by Crippen LogP contribution is 2.20. The third kappa shape index (κ3) is 13.5. The van der Waals surface area contributed by atoms with Crippen LogP contribution in [0, 0.1) is 6.92 Å². The van der Waals surface area contributed by atoms with Crippen molar-refractivity contribution in [3.05, 3.63) is 148 Å². The second-order valence-corrected chi connectivity index (χ2v) is 15.2. The molecule has 0 fully saturated rings. The first-order valence-electron chi connectivity index (χ1n) is 19.0. The van der Waals surface area contributed by atoms with Crippen LogP contribution in [0.1, 0.15) is 34.9 Å². The highest BCUT2D eigenvalue weighted by Gasteiger charge is 2.32. The molecule has 0 spiro atoms. The number of hydrogen-bond acceptors (Lipinski definition) is 8. The summed E-state index contributed by atoms with van der Waals surface area (Å²) in [5.41, 5.74) is 4.70. The molecule has 7 N–H and O–H groups in total. The van der Waals surface area contributed by atoms with Gasteiger partial charge in [0.15, 0.2) is 0 Å². The molecule has 5 amide bonds. The predicted molar refractivity (Wildman–Crippen MR) is 225 cm³/mol. The molecule has 5 atom stereocenters. The Morgan fingerprint density at radius 2 is 1.10 bits per heavy atom. The van der Waals surface area contributed by atoms with Crippen molar-refractivity contribution in [1.82, 2.24) is 21.3 Å². The van der Waals surface area contributed by atoms with Gasteiger partial charge in [0.25, 0.3) is 5.91 Å². The number of anilines is 1. The van der Waals surface area contributed by atoms with Crippen LogP contribution < -0.4 is 26.6 Å². The average Bonchev–Trinajstić information content (AvgIpc) is 3.75. The summed E-state index contributed by atoms with van der Waals surface area (Å²) < 4.78 is 0. The van der Waals surface area contributed by atoms with E-state index in [2.05, 4.69) is 26.6 Å². The number of nitrogens with one attached hydrogen (secondary N) is 5. The maximum atomic E-state index is 14.3. The van der Waals surface area contributed by atoms with Gasteiger partial charge in [0, 0.05) is 29.8 Å². The van der Waals surface area contributed by atoms with Gasteiger partial charge in [-0.05, 0) is 59.7 Å². The number of aryl methyl sites for hydroxylation is 1. The van der Waals surface area contributed by atoms with E-state index in [1.54, 1.807) is 66.7 Å². The number of amides is 5. The molecule has 0 saturated carbocycles. The van der Waals surface area contributed by atoms with Crippen molar-refractivity contribution in [3.8, 4) is 11.1 Å². The molecule has 1 aromatic heterocycles. The lowest BCUT2D eigenvalue weighted by Crippen LogP contribution is -2.59. The van der Waals surface area contributed by atoms with Crippen molar-refractivity contribution in [2.24, 2.45) is 0 Å². The molecular weight excluding hydrogens is 771 g/mol. The number of aliphatic hydroxyl groups is 1. The highest BCUT2D eigenvalue weighted by atomic mass is 32.1. The Hall–Kier alpha value is -6.64. The lowest BCUT2D eigenvalue weighted by molar-refractivity contribution is -0.141. The van der Waals surface area contributed by atoms with Crippen LogP contribution in [0.25, 0.3) is 11.1 Å². The van der Waals surface area contributed by atoms with Crippen LogP contribution in [-0.2, 0) is 48.0 Å². The first-order valence-corrected chi connectivity index (χ1v) is 19.9. The van der Waals surface area contributed by atoms with Gasteiger partial charge in [-0.25, -0.2) is 0 Å². The summed E-state index contributed by atoms with van der Waals surface area (Å²) in [5, 5.41) is 35.0. The van der Waals surface area contributed by atoms with Crippen molar-refractivity contribution < 1.29 is 39.0 Å². The first-order chi connectivity index (χ1) is 28.3. The molecule has 0 radical (unpaired) electrons. The Kier molecular flexibility index (Phi) is 15.6. The van der Waals surface area contributed by atoms with Crippen molar-refractivity contribution in [1.29, 1.82) is 0 Å². The number of carbonyl (C=O) groups is 6. The summed E-state index contributed by atoms with van der Waals surface area (Å²) in [6.45, 7) is 3.19. The maximum Gasteiger partial charge on any atom is 0.325 e. The number of thiophene rings is 1. The molecule has 59 heavy (non-hydrogen) atoms. The van der Waals surface area contributed by atoms with Gasteiger partial charge in [0.1, 0.15) is 30.3 Å². The summed E-state index contributed by atoms with van der Waals surface area (Å²) in [6.07, 6.45) is -2.33. The fraction of sp³-hybridized carbons (Fsp3) is 0.244. The lowest BCUT2D eigenvalue weighted by atomic mass is 9.99. The second-order valence-electron chi connectivity index (χ2n) is 14.1. The summed E-state index contributed by atoms with van der Waals surface area (Å²) in [7, 11) is 0. The fourth-order valence-corrected chi connectivity index (χ4v) is 6.86. The monoisotopic (exact) mass is 817 g/mol. The van der Waals surface area contributed by atoms with Crippen molar-refractivity contribution in [2.45, 2.75) is 69.8 Å². The van der Waals surface area contributed by atoms with E-state index in [0.29, 0.717) is 16.8 Å². The molecule has 0 aliphatic rings. The van der Waals surface area contributed by atoms with Crippen LogP contribution in [0.5, 0.6) is 0 Å². The minimum atomic E-state index is -1.73. The Morgan fingerprint density at radius 1 is 0.576 bits per heavy atom. The molecular formula is C45H47N5O8S. The molecule has 0 saturated heterocycles. The van der Waals surface area contributed by atoms with E-state index in [1.807, 2.05) is 66.9 Å². The van der Waals surface area contributed by atoms with Gasteiger partial charge in [-0.3, -0.25) is 28.8 Å². The Morgan fingerprint density at radius 3 is 1.66 bits per heavy atom. The largest absolute Gasteiger partial charge is 0.480 e. The van der Waals surface area contributed by atoms with E-state index in [4.69, 9.17) is 0 Å². The van der Waals surface area contributed by atoms with Crippen molar-refractivity contribution in [3.63, 3.8) is 0 Å². The molecule has 306 valence electrons. The maximum absolute atomic E-state index is 14.3. The molecule has 0 aliphatic heterocycles. The normalized spacial score (nSPS) is 13.4. The predicted octanol–water partition coefficient (Wildman–Crippen LogP) is 4.18. The fourth-order valence-electron chi connectivity index (χ4n) is 6.11. The molecule has 4 aromatic carbocycles. The van der Waals surface area contributed by atoms with Gasteiger partial charge in [-0.1, -0.05) is 109 Å². The molecule has 5 aromatic rings. The molecule has 1 heterocycles. The SMILES string of the molecule is Cc1ccc(NC(=O)C(O)CC(=O)NC(Cc2cccs2)C(=O)NC(Cc2ccc(-c3ccccc3)cc2)C(=O)NC(Cc2ccccc2)C(=O)NC(C)C(=O)O)cc1. The van der Waals surface area contributed by atoms with Crippen LogP contribution in [0.3, 0.4) is 0 Å². The number of hydrogen-bond donors (Lipinski definition) is 7. The molecule has 5 unspecified atom stereocenters. The van der Waals surface area contributed by atoms with Gasteiger partial charge in [0.05, 0.1) is 6.42 Å². The zero-order valence-corrected chi connectivity index (χ0v) is 33.4. The Balaban J connectivity index is 1.37. The number of carbonyl (C=O) groups excluding carboxylic acids is 5. The molecule has 0 bridgehead atoms. The number of benzene rings is 4. The quantitative estimate of drug-likeness (QED) is 0.0643. The van der Waals surface area contributed by atoms with E-state index >= 15 is 0 Å². The molecule has 14 heteroatoms. The summed E-state index contributed by atoms with van der Waals surface area (Å²) in [6, 6.07) is 31.5. The van der Waals surface area contributed by atoms with Gasteiger partial charge < -0.3 is 36.8 Å². The smallest absolute Gasteiger partial charge is 0.325 e. The number of rotatable bonds is 19. The first kappa shape index (κ1) is 43.5. The van der Waals surface area contributed by atoms with E-state index in [-0.39, 0.29) is 19.3 Å². The van der Waals surface area contributed by atoms with Crippen LogP contribution in [0.2, 0.25) is 0 Å². The Bertz CT molecular complexity index is 2180. The van der Waals surface area contributed by atoms with Gasteiger partial charge in [-0.2, -0.15) is 0 Å². The second kappa shape index (κ2) is 21.2. The Labute approximate surface area is 346 Å². The molecule has 0 aliphatic carbocycles. The molecule has 13 nitrogen and oxygen atoms in total. The van der Waals surface area contributed by atoms with Crippen LogP contribution >= 0.6 is 11.3 Å². The average molecular weight is 818 g/mol. The number of aliphatic carboxylic acids is 1. The number of carboxylic acids is 1. The lowest BCUT2D eigenvalue weighted by Gasteiger charge is -2.26. The number of carboxylic acid groups (broad SMARTS) is 1. The van der Waals surface area contributed by atoms with E-state index in [9.17, 15) is 39.0 Å². The zero-order chi connectivity index (χ0) is 42.3. The minimum Gasteiger partial charge on any atom is -0.480 e. The minimum absolute atomic E-state index is 0.0184. The van der Waals surface area contributed by atoms with Crippen LogP contribution in [0.4, 0.5) is 5.69 Å². The zero-order valence-electron chi connectivity index (χ0n) is 32.6. The van der Waals surface area contributed by atoms with Crippen molar-refractivity contribution >= 4 is 52.5 Å². The van der Waals surface area contributed by atoms with Crippen LogP contribution in [-0.4, -0.2) is 76.0 Å². The third-order valence-corrected chi connectivity index (χ3v) is 10.3. The number of aliphatic hydroxyl groups excluding tert-OH is 1. The van der Waals surface area contributed by atoms with Crippen molar-refractivity contribution in [2.75, 3.05) is 5.32 Å². The summed E-state index contributed by atoms with van der Waals surface area (Å²) in [4.78, 5) is 80.3. The summed E-state index contributed by atoms with van der Waals surface area (Å²) in [5.74, 6) is -5.03. The van der Waals surface area contributed by atoms with Gasteiger partial charge >= 0.3 is 5.97 Å². The topological polar surface area (TPSA) is 203 Å². The summed E-state index contributed by atoms with van der Waals surface area (Å²) >= 11 is 1.35. The standard InChI is InChI=1S/C45H47N5O8S/c1-28-15-21-34(22-16-28)47-44(56)39(51)27-40(52)48-38(26-35-14-9-23-59-35)43(55)50-37(25-31-17-19-33(20-18-31)32-12-7-4-8-13-32)42(54)49-36(24-30-10-5-3-6-11-30)41(53)46-29(2)45(57)58/h3-23,29,36-39,51H,24-27H2,1-2H3,(H,46,53)(H,47,56)(H,48,52)(H,49,54)(H,50,55)(H,57,58). The van der Waals surface area contributed by atoms with E-state index in [1.165, 1.54) is 18.3 Å². The van der Waals surface area contributed by atoms with E-state index in [0.717, 1.165) is 21.6 Å². The van der Waals surface area contributed by atoms with E-state index < -0.39 is 72.2 Å². The van der Waals surface area contributed by atoms with Crippen LogP contribution in [0.15, 0.2) is 127 Å². The third-order valence-electron chi connectivity index (χ3n) is 9.42. The van der Waals surface area contributed by atoms with Gasteiger partial charge in [-0.15, -0.1) is 11.3 Å². The van der Waals surface area contributed by atoms with Gasteiger partial charge in [0.2, 0.25) is 23.6 Å².